The van der Waals surface area contributed by atoms with Crippen LogP contribution in [0.1, 0.15) is 0 Å². The summed E-state index contributed by atoms with van der Waals surface area (Å²) in [6, 6.07) is 61.4. The molecular weight excluding hydrogens is 532 g/mol. The average Bonchev–Trinajstić information content (AvgIpc) is 3.61. The van der Waals surface area contributed by atoms with Crippen LogP contribution in [0.4, 0.5) is 0 Å². The summed E-state index contributed by atoms with van der Waals surface area (Å²) in [6.07, 6.45) is 0. The van der Waals surface area contributed by atoms with Crippen molar-refractivity contribution in [1.29, 1.82) is 0 Å². The topological polar surface area (TPSA) is 9.86 Å². The van der Waals surface area contributed by atoms with E-state index in [1.54, 1.807) is 0 Å². The molecule has 2 heterocycles. The summed E-state index contributed by atoms with van der Waals surface area (Å²) < 4.78 is 4.84. The summed E-state index contributed by atoms with van der Waals surface area (Å²) in [5, 5.41) is 5.04. The molecule has 9 rings (SSSR count). The van der Waals surface area contributed by atoms with Crippen LogP contribution >= 0.6 is 0 Å². The molecule has 2 heteroatoms. The van der Waals surface area contributed by atoms with Crippen molar-refractivity contribution in [1.82, 2.24) is 9.13 Å². The highest BCUT2D eigenvalue weighted by Crippen LogP contribution is 2.39. The van der Waals surface area contributed by atoms with Gasteiger partial charge in [0.25, 0.3) is 0 Å². The van der Waals surface area contributed by atoms with Crippen LogP contribution in [0.2, 0.25) is 0 Å². The Morgan fingerprint density at radius 1 is 0.295 bits per heavy atom. The second kappa shape index (κ2) is 9.86. The van der Waals surface area contributed by atoms with Gasteiger partial charge in [-0.25, -0.2) is 0 Å². The second-order valence-corrected chi connectivity index (χ2v) is 11.4. The minimum atomic E-state index is 1.17. The molecule has 0 spiro atoms. The van der Waals surface area contributed by atoms with Crippen LogP contribution in [0.3, 0.4) is 0 Å². The van der Waals surface area contributed by atoms with Crippen LogP contribution in [-0.4, -0.2) is 9.13 Å². The van der Waals surface area contributed by atoms with E-state index in [-0.39, 0.29) is 0 Å². The van der Waals surface area contributed by atoms with E-state index in [0.717, 1.165) is 0 Å². The number of benzene rings is 7. The molecule has 0 radical (unpaired) electrons. The second-order valence-electron chi connectivity index (χ2n) is 11.4. The van der Waals surface area contributed by atoms with Crippen molar-refractivity contribution in [3.8, 4) is 33.6 Å². The monoisotopic (exact) mass is 560 g/mol. The van der Waals surface area contributed by atoms with Gasteiger partial charge >= 0.3 is 0 Å². The third kappa shape index (κ3) is 3.75. The molecule has 2 aromatic heterocycles. The lowest BCUT2D eigenvalue weighted by Gasteiger charge is -2.15. The third-order valence-electron chi connectivity index (χ3n) is 8.92. The first kappa shape index (κ1) is 24.7. The molecule has 0 saturated carbocycles. The van der Waals surface area contributed by atoms with E-state index in [2.05, 4.69) is 179 Å². The Labute approximate surface area is 255 Å². The van der Waals surface area contributed by atoms with E-state index in [1.165, 1.54) is 77.2 Å². The zero-order chi connectivity index (χ0) is 29.0. The van der Waals surface area contributed by atoms with E-state index >= 15 is 0 Å². The van der Waals surface area contributed by atoms with Crippen LogP contribution in [-0.2, 0) is 0 Å². The van der Waals surface area contributed by atoms with Gasteiger partial charge in [-0.1, -0.05) is 121 Å². The number of rotatable bonds is 4. The highest BCUT2D eigenvalue weighted by Gasteiger charge is 2.18. The predicted octanol–water partition coefficient (Wildman–Crippen LogP) is 11.2. The number of hydrogen-bond donors (Lipinski definition) is 0. The summed E-state index contributed by atoms with van der Waals surface area (Å²) in [5.74, 6) is 0. The van der Waals surface area contributed by atoms with Crippen molar-refractivity contribution in [2.45, 2.75) is 0 Å². The van der Waals surface area contributed by atoms with E-state index < -0.39 is 0 Å². The van der Waals surface area contributed by atoms with Crippen molar-refractivity contribution in [2.24, 2.45) is 0 Å². The maximum absolute atomic E-state index is 2.44. The molecular formula is C42H28N2. The Morgan fingerprint density at radius 3 is 1.55 bits per heavy atom. The van der Waals surface area contributed by atoms with Crippen molar-refractivity contribution in [3.63, 3.8) is 0 Å². The smallest absolute Gasteiger partial charge is 0.0542 e. The van der Waals surface area contributed by atoms with Crippen molar-refractivity contribution >= 4 is 43.6 Å². The lowest BCUT2D eigenvalue weighted by atomic mass is 9.98. The van der Waals surface area contributed by atoms with E-state index in [4.69, 9.17) is 0 Å². The summed E-state index contributed by atoms with van der Waals surface area (Å²) in [5.41, 5.74) is 12.0. The lowest BCUT2D eigenvalue weighted by Crippen LogP contribution is -1.98. The number of hydrogen-bond acceptors (Lipinski definition) is 0. The van der Waals surface area contributed by atoms with Gasteiger partial charge in [-0.05, 0) is 65.2 Å². The largest absolute Gasteiger partial charge is 0.309 e. The molecule has 0 saturated heterocycles. The Balaban J connectivity index is 1.28. The molecule has 0 aliphatic heterocycles. The van der Waals surface area contributed by atoms with Crippen molar-refractivity contribution in [3.05, 3.63) is 170 Å². The Kier molecular flexibility index (Phi) is 5.54. The Morgan fingerprint density at radius 2 is 0.818 bits per heavy atom. The Bertz CT molecular complexity index is 2440. The number of nitrogens with zero attached hydrogens (tertiary/aromatic N) is 2. The number of aromatic nitrogens is 2. The van der Waals surface area contributed by atoms with Crippen LogP contribution in [0.15, 0.2) is 170 Å². The number of para-hydroxylation sites is 4. The van der Waals surface area contributed by atoms with Crippen molar-refractivity contribution in [2.75, 3.05) is 0 Å². The molecule has 0 aliphatic carbocycles. The summed E-state index contributed by atoms with van der Waals surface area (Å²) in [4.78, 5) is 0. The molecule has 7 aromatic carbocycles. The van der Waals surface area contributed by atoms with E-state index in [0.29, 0.717) is 0 Å². The van der Waals surface area contributed by atoms with Gasteiger partial charge in [0.1, 0.15) is 0 Å². The van der Waals surface area contributed by atoms with Crippen LogP contribution in [0, 0.1) is 0 Å². The zero-order valence-corrected chi connectivity index (χ0v) is 24.1. The summed E-state index contributed by atoms with van der Waals surface area (Å²) >= 11 is 0. The van der Waals surface area contributed by atoms with Gasteiger partial charge in [-0.15, -0.1) is 0 Å². The molecule has 0 atom stereocenters. The minimum Gasteiger partial charge on any atom is -0.309 e. The zero-order valence-electron chi connectivity index (χ0n) is 24.1. The SMILES string of the molecule is c1ccc(-c2cccc(-c3ccccc3-n3c4ccccc4c4cc(-n5c6ccccc6c6ccccc65)ccc43)c2)cc1. The first-order valence-corrected chi connectivity index (χ1v) is 15.1. The summed E-state index contributed by atoms with van der Waals surface area (Å²) in [7, 11) is 0. The molecule has 0 N–H and O–H groups in total. The average molecular weight is 561 g/mol. The van der Waals surface area contributed by atoms with Gasteiger partial charge in [-0.3, -0.25) is 0 Å². The van der Waals surface area contributed by atoms with E-state index in [9.17, 15) is 0 Å². The molecule has 0 bridgehead atoms. The molecule has 0 aliphatic rings. The molecule has 0 amide bonds. The molecule has 0 fully saturated rings. The third-order valence-corrected chi connectivity index (χ3v) is 8.92. The van der Waals surface area contributed by atoms with Gasteiger partial charge in [-0.2, -0.15) is 0 Å². The normalized spacial score (nSPS) is 11.6. The van der Waals surface area contributed by atoms with Crippen LogP contribution in [0.5, 0.6) is 0 Å². The maximum Gasteiger partial charge on any atom is 0.0542 e. The molecule has 206 valence electrons. The van der Waals surface area contributed by atoms with Gasteiger partial charge in [0.15, 0.2) is 0 Å². The highest BCUT2D eigenvalue weighted by atomic mass is 15.0. The number of fused-ring (bicyclic) bond motifs is 6. The first-order chi connectivity index (χ1) is 21.8. The molecule has 44 heavy (non-hydrogen) atoms. The van der Waals surface area contributed by atoms with E-state index in [1.807, 2.05) is 0 Å². The quantitative estimate of drug-likeness (QED) is 0.203. The minimum absolute atomic E-state index is 1.17. The molecule has 0 unspecified atom stereocenters. The van der Waals surface area contributed by atoms with Crippen LogP contribution in [0.25, 0.3) is 77.2 Å². The van der Waals surface area contributed by atoms with Gasteiger partial charge in [0, 0.05) is 32.8 Å². The van der Waals surface area contributed by atoms with Crippen LogP contribution < -0.4 is 0 Å². The van der Waals surface area contributed by atoms with Crippen molar-refractivity contribution < 1.29 is 0 Å². The Hall–Kier alpha value is -5.86. The molecule has 9 aromatic rings. The fraction of sp³-hybridized carbons (Fsp3) is 0. The first-order valence-electron chi connectivity index (χ1n) is 15.1. The fourth-order valence-corrected chi connectivity index (χ4v) is 6.97. The maximum atomic E-state index is 2.44. The van der Waals surface area contributed by atoms with Gasteiger partial charge in [0.2, 0.25) is 0 Å². The fourth-order valence-electron chi connectivity index (χ4n) is 6.97. The van der Waals surface area contributed by atoms with Gasteiger partial charge < -0.3 is 9.13 Å². The van der Waals surface area contributed by atoms with Gasteiger partial charge in [0.05, 0.1) is 27.8 Å². The standard InChI is InChI=1S/C42H28N2/c1-2-13-29(14-3-1)30-15-12-16-31(27-30)33-17-4-8-21-38(33)44-41-24-11-7-20-36(41)37-28-32(25-26-42(37)44)43-39-22-9-5-18-34(39)35-19-6-10-23-40(35)43/h1-28H. The summed E-state index contributed by atoms with van der Waals surface area (Å²) in [6.45, 7) is 0. The lowest BCUT2D eigenvalue weighted by molar-refractivity contribution is 1.17. The highest BCUT2D eigenvalue weighted by molar-refractivity contribution is 6.12. The molecule has 2 nitrogen and oxygen atoms in total. The predicted molar refractivity (Wildman–Crippen MR) is 186 cm³/mol.